The van der Waals surface area contributed by atoms with Gasteiger partial charge in [-0.1, -0.05) is 57.0 Å². The van der Waals surface area contributed by atoms with E-state index in [0.717, 1.165) is 0 Å². The summed E-state index contributed by atoms with van der Waals surface area (Å²) in [5.74, 6) is -10.0. The fourth-order valence-corrected chi connectivity index (χ4v) is 5.66. The van der Waals surface area contributed by atoms with E-state index >= 15 is 0 Å². The number of nitrogens with two attached hydrogens (primary N) is 5. The molecule has 0 aliphatic rings. The van der Waals surface area contributed by atoms with E-state index in [9.17, 15) is 53.1 Å². The van der Waals surface area contributed by atoms with Crippen LogP contribution in [0.3, 0.4) is 0 Å². The second kappa shape index (κ2) is 26.8. The zero-order chi connectivity index (χ0) is 45.5. The first-order valence-corrected chi connectivity index (χ1v) is 19.6. The molecule has 1 aromatic rings. The Morgan fingerprint density at radius 2 is 1.10 bits per heavy atom. The first kappa shape index (κ1) is 51.9. The Morgan fingerprint density at radius 1 is 0.600 bits per heavy atom. The molecule has 0 saturated heterocycles. The lowest BCUT2D eigenvalue weighted by Crippen LogP contribution is -2.60. The molecule has 8 atom stereocenters. The van der Waals surface area contributed by atoms with E-state index in [2.05, 4.69) is 31.9 Å². The molecule has 60 heavy (non-hydrogen) atoms. The average molecular weight is 848 g/mol. The first-order chi connectivity index (χ1) is 28.2. The maximum absolute atomic E-state index is 13.6. The number of amides is 9. The van der Waals surface area contributed by atoms with Crippen LogP contribution in [-0.4, -0.2) is 113 Å². The maximum atomic E-state index is 13.6. The highest BCUT2D eigenvalue weighted by Gasteiger charge is 2.34. The molecule has 22 nitrogen and oxygen atoms in total. The number of carboxylic acid groups (broad SMARTS) is 1. The molecule has 0 spiro atoms. The number of nitrogens with one attached hydrogen (secondary N) is 6. The van der Waals surface area contributed by atoms with Gasteiger partial charge in [0.15, 0.2) is 0 Å². The number of hydrogen-bond donors (Lipinski definition) is 12. The molecule has 9 amide bonds. The van der Waals surface area contributed by atoms with Crippen LogP contribution in [0.4, 0.5) is 0 Å². The number of benzene rings is 1. The number of rotatable bonds is 29. The molecule has 22 heteroatoms. The van der Waals surface area contributed by atoms with Crippen molar-refractivity contribution in [3.63, 3.8) is 0 Å². The Labute approximate surface area is 348 Å². The molecular formula is C38H61N11O11. The number of unbranched alkanes of at least 4 members (excludes halogenated alkanes) is 1. The summed E-state index contributed by atoms with van der Waals surface area (Å²) in [5.41, 5.74) is 27.9. The van der Waals surface area contributed by atoms with Crippen molar-refractivity contribution in [1.82, 2.24) is 31.9 Å². The van der Waals surface area contributed by atoms with Gasteiger partial charge in [0.2, 0.25) is 53.2 Å². The van der Waals surface area contributed by atoms with Gasteiger partial charge in [-0.05, 0) is 50.6 Å². The van der Waals surface area contributed by atoms with Gasteiger partial charge >= 0.3 is 5.97 Å². The second-order valence-electron chi connectivity index (χ2n) is 14.4. The van der Waals surface area contributed by atoms with Crippen molar-refractivity contribution < 1.29 is 53.1 Å². The second-order valence-corrected chi connectivity index (χ2v) is 14.4. The third kappa shape index (κ3) is 19.5. The number of carboxylic acids is 1. The lowest BCUT2D eigenvalue weighted by atomic mass is 9.97. The third-order valence-corrected chi connectivity index (χ3v) is 9.41. The third-order valence-electron chi connectivity index (χ3n) is 9.41. The van der Waals surface area contributed by atoms with E-state index in [4.69, 9.17) is 28.7 Å². The molecule has 0 unspecified atom stereocenters. The lowest BCUT2D eigenvalue weighted by Gasteiger charge is -2.28. The maximum Gasteiger partial charge on any atom is 0.326 e. The van der Waals surface area contributed by atoms with E-state index < -0.39 is 120 Å². The van der Waals surface area contributed by atoms with E-state index in [-0.39, 0.29) is 32.1 Å². The first-order valence-electron chi connectivity index (χ1n) is 19.6. The van der Waals surface area contributed by atoms with Crippen LogP contribution in [0.1, 0.15) is 84.1 Å². The molecule has 0 aromatic heterocycles. The standard InChI is InChI=1S/C38H61N11O11/c1-4-20(2)31(49-35(56)25(14-16-29(42)51)45-33(54)23(40)12-8-9-17-39)37(58)44-21(3)32(53)47-26(19-30(43)52)36(57)46-24(13-15-28(41)50)34(55)48-27(38(59)60)18-22-10-6-5-7-11-22/h5-7,10-11,20-21,23-27,31H,4,8-9,12-19,39-40H2,1-3H3,(H2,41,50)(H2,42,51)(H2,43,52)(H,44,58)(H,45,54)(H,46,57)(H,47,53)(H,48,55)(H,49,56)(H,59,60)/t20-,21-,23-,24-,25-,26-,27-,31-/m0/s1. The zero-order valence-electron chi connectivity index (χ0n) is 34.2. The molecule has 1 rings (SSSR count). The van der Waals surface area contributed by atoms with Gasteiger partial charge in [-0.3, -0.25) is 43.2 Å². The quantitative estimate of drug-likeness (QED) is 0.0344. The van der Waals surface area contributed by atoms with Gasteiger partial charge in [-0.2, -0.15) is 0 Å². The summed E-state index contributed by atoms with van der Waals surface area (Å²) in [4.78, 5) is 127. The average Bonchev–Trinajstić information content (AvgIpc) is 3.18. The Balaban J connectivity index is 3.18. The summed E-state index contributed by atoms with van der Waals surface area (Å²) in [6.07, 6.45) is -0.393. The molecule has 0 aliphatic carbocycles. The van der Waals surface area contributed by atoms with Gasteiger partial charge in [0.25, 0.3) is 0 Å². The smallest absolute Gasteiger partial charge is 0.326 e. The Hall–Kier alpha value is -6.16. The van der Waals surface area contributed by atoms with Crippen LogP contribution in [0.5, 0.6) is 0 Å². The zero-order valence-corrected chi connectivity index (χ0v) is 34.2. The molecule has 0 fully saturated rings. The van der Waals surface area contributed by atoms with Gasteiger partial charge in [-0.15, -0.1) is 0 Å². The predicted octanol–water partition coefficient (Wildman–Crippen LogP) is -3.85. The molecule has 0 heterocycles. The van der Waals surface area contributed by atoms with Crippen LogP contribution in [-0.2, 0) is 54.4 Å². The van der Waals surface area contributed by atoms with Gasteiger partial charge in [0.1, 0.15) is 36.3 Å². The molecular weight excluding hydrogens is 786 g/mol. The van der Waals surface area contributed by atoms with Crippen molar-refractivity contribution in [2.45, 2.75) is 127 Å². The molecule has 0 aliphatic heterocycles. The minimum Gasteiger partial charge on any atom is -0.480 e. The minimum atomic E-state index is -1.72. The molecule has 17 N–H and O–H groups in total. The van der Waals surface area contributed by atoms with Gasteiger partial charge in [0, 0.05) is 19.3 Å². The van der Waals surface area contributed by atoms with E-state index in [1.54, 1.807) is 44.2 Å². The monoisotopic (exact) mass is 847 g/mol. The van der Waals surface area contributed by atoms with Crippen molar-refractivity contribution >= 4 is 59.1 Å². The van der Waals surface area contributed by atoms with Crippen molar-refractivity contribution in [3.8, 4) is 0 Å². The molecule has 0 bridgehead atoms. The van der Waals surface area contributed by atoms with Gasteiger partial charge in [-0.25, -0.2) is 4.79 Å². The van der Waals surface area contributed by atoms with E-state index in [1.807, 2.05) is 0 Å². The van der Waals surface area contributed by atoms with E-state index in [0.29, 0.717) is 31.4 Å². The topological polar surface area (TPSA) is 393 Å². The number of carbonyl (C=O) groups excluding carboxylic acids is 9. The number of primary amides is 3. The molecule has 334 valence electrons. The highest BCUT2D eigenvalue weighted by molar-refractivity contribution is 5.98. The van der Waals surface area contributed by atoms with Gasteiger partial charge in [0.05, 0.1) is 12.5 Å². The summed E-state index contributed by atoms with van der Waals surface area (Å²) in [6.45, 7) is 5.01. The predicted molar refractivity (Wildman–Crippen MR) is 216 cm³/mol. The molecule has 0 radical (unpaired) electrons. The summed E-state index contributed by atoms with van der Waals surface area (Å²) in [7, 11) is 0. The van der Waals surface area contributed by atoms with Crippen LogP contribution >= 0.6 is 0 Å². The van der Waals surface area contributed by atoms with Crippen LogP contribution in [0.25, 0.3) is 0 Å². The highest BCUT2D eigenvalue weighted by atomic mass is 16.4. The molecule has 1 aromatic carbocycles. The van der Waals surface area contributed by atoms with Crippen LogP contribution in [0, 0.1) is 5.92 Å². The van der Waals surface area contributed by atoms with Crippen LogP contribution in [0.2, 0.25) is 0 Å². The van der Waals surface area contributed by atoms with Gasteiger partial charge < -0.3 is 65.7 Å². The molecule has 0 saturated carbocycles. The number of carbonyl (C=O) groups is 10. The van der Waals surface area contributed by atoms with Crippen molar-refractivity contribution in [1.29, 1.82) is 0 Å². The fraction of sp³-hybridized carbons (Fsp3) is 0.579. The van der Waals surface area contributed by atoms with Crippen molar-refractivity contribution in [3.05, 3.63) is 35.9 Å². The minimum absolute atomic E-state index is 0.124. The SMILES string of the molecule is CC[C@H](C)[C@H](NC(=O)[C@H](CCC(N)=O)NC(=O)[C@@H](N)CCCCN)C(=O)N[C@@H](C)C(=O)N[C@@H](CC(N)=O)C(=O)N[C@@H](CCC(N)=O)C(=O)N[C@@H](Cc1ccccc1)C(=O)O. The largest absolute Gasteiger partial charge is 0.480 e. The summed E-state index contributed by atoms with van der Waals surface area (Å²) in [5, 5.41) is 24.2. The summed E-state index contributed by atoms with van der Waals surface area (Å²) >= 11 is 0. The van der Waals surface area contributed by atoms with Crippen LogP contribution < -0.4 is 60.6 Å². The number of aliphatic carboxylic acids is 1. The van der Waals surface area contributed by atoms with Crippen molar-refractivity contribution in [2.24, 2.45) is 34.6 Å². The number of hydrogen-bond acceptors (Lipinski definition) is 12. The fourth-order valence-electron chi connectivity index (χ4n) is 5.66. The summed E-state index contributed by atoms with van der Waals surface area (Å²) in [6, 6.07) is -1.37. The summed E-state index contributed by atoms with van der Waals surface area (Å²) < 4.78 is 0. The van der Waals surface area contributed by atoms with Crippen LogP contribution in [0.15, 0.2) is 30.3 Å². The van der Waals surface area contributed by atoms with Crippen molar-refractivity contribution in [2.75, 3.05) is 6.54 Å². The van der Waals surface area contributed by atoms with E-state index in [1.165, 1.54) is 6.92 Å². The highest BCUT2D eigenvalue weighted by Crippen LogP contribution is 2.11. The normalized spacial score (nSPS) is 14.9. The Morgan fingerprint density at radius 3 is 1.60 bits per heavy atom. The Bertz CT molecular complexity index is 1660. The Kier molecular flexibility index (Phi) is 23.1. The lowest BCUT2D eigenvalue weighted by molar-refractivity contribution is -0.142.